The van der Waals surface area contributed by atoms with Crippen LogP contribution in [0, 0.1) is 0 Å². The molecule has 6 nitrogen and oxygen atoms in total. The second-order valence-corrected chi connectivity index (χ2v) is 6.92. The summed E-state index contributed by atoms with van der Waals surface area (Å²) in [6, 6.07) is 17.6. The predicted octanol–water partition coefficient (Wildman–Crippen LogP) is 4.45. The minimum absolute atomic E-state index is 0.0989. The van der Waals surface area contributed by atoms with Gasteiger partial charge < -0.3 is 14.2 Å². The van der Waals surface area contributed by atoms with Crippen LogP contribution in [0.4, 0.5) is 0 Å². The van der Waals surface area contributed by atoms with E-state index in [-0.39, 0.29) is 17.7 Å². The number of nitrogens with zero attached hydrogens (tertiary/aromatic N) is 2. The topological polar surface area (TPSA) is 81.2 Å². The molecule has 0 aliphatic heterocycles. The molecule has 27 heavy (non-hydrogen) atoms. The molecule has 0 saturated carbocycles. The fourth-order valence-corrected chi connectivity index (χ4v) is 3.46. The number of carbonyl (C=O) groups excluding carboxylic acids is 1. The number of amides is 1. The molecule has 1 atom stereocenters. The summed E-state index contributed by atoms with van der Waals surface area (Å²) in [5.74, 6) is 0.892. The number of nitrogens with one attached hydrogen (secondary N) is 1. The van der Waals surface area contributed by atoms with Crippen LogP contribution < -0.4 is 5.32 Å². The van der Waals surface area contributed by atoms with E-state index in [1.807, 2.05) is 31.2 Å². The predicted molar refractivity (Wildman–Crippen MR) is 103 cm³/mol. The summed E-state index contributed by atoms with van der Waals surface area (Å²) in [6.45, 7) is 1.98. The Labute approximate surface area is 160 Å². The minimum Gasteiger partial charge on any atom is -0.459 e. The SMILES string of the molecule is C[C@@H](NC(=O)CSc1nnc(-c2ccco2)o1)c1cccc2ccccc12. The van der Waals surface area contributed by atoms with E-state index in [2.05, 4.69) is 33.7 Å². The Morgan fingerprint density at radius 2 is 1.96 bits per heavy atom. The molecule has 4 aromatic rings. The van der Waals surface area contributed by atoms with Crippen molar-refractivity contribution in [1.82, 2.24) is 15.5 Å². The Bertz CT molecular complexity index is 1050. The molecule has 1 N–H and O–H groups in total. The van der Waals surface area contributed by atoms with Gasteiger partial charge in [0.25, 0.3) is 11.1 Å². The standard InChI is InChI=1S/C20H17N3O3S/c1-13(15-9-4-7-14-6-2-3-8-16(14)15)21-18(24)12-27-20-23-22-19(26-20)17-10-5-11-25-17/h2-11,13H,12H2,1H3,(H,21,24)/t13-/m1/s1. The van der Waals surface area contributed by atoms with E-state index in [0.29, 0.717) is 16.9 Å². The lowest BCUT2D eigenvalue weighted by atomic mass is 10.00. The summed E-state index contributed by atoms with van der Waals surface area (Å²) >= 11 is 1.19. The van der Waals surface area contributed by atoms with Gasteiger partial charge in [0, 0.05) is 0 Å². The van der Waals surface area contributed by atoms with Gasteiger partial charge in [0.2, 0.25) is 5.91 Å². The van der Waals surface area contributed by atoms with Crippen molar-refractivity contribution < 1.29 is 13.6 Å². The number of thioether (sulfide) groups is 1. The van der Waals surface area contributed by atoms with E-state index in [4.69, 9.17) is 8.83 Å². The van der Waals surface area contributed by atoms with Gasteiger partial charge in [-0.15, -0.1) is 10.2 Å². The molecule has 0 radical (unpaired) electrons. The maximum atomic E-state index is 12.3. The van der Waals surface area contributed by atoms with Crippen molar-refractivity contribution in [3.05, 3.63) is 66.4 Å². The van der Waals surface area contributed by atoms with Gasteiger partial charge in [0.15, 0.2) is 5.76 Å². The van der Waals surface area contributed by atoms with Gasteiger partial charge in [0.05, 0.1) is 18.1 Å². The molecule has 136 valence electrons. The first kappa shape index (κ1) is 17.4. The first-order valence-electron chi connectivity index (χ1n) is 8.48. The van der Waals surface area contributed by atoms with Crippen LogP contribution >= 0.6 is 11.8 Å². The van der Waals surface area contributed by atoms with E-state index in [0.717, 1.165) is 16.3 Å². The van der Waals surface area contributed by atoms with Crippen LogP contribution in [-0.2, 0) is 4.79 Å². The summed E-state index contributed by atoms with van der Waals surface area (Å²) in [6.07, 6.45) is 1.54. The van der Waals surface area contributed by atoms with Crippen LogP contribution in [0.3, 0.4) is 0 Å². The van der Waals surface area contributed by atoms with Gasteiger partial charge in [-0.2, -0.15) is 0 Å². The van der Waals surface area contributed by atoms with Gasteiger partial charge in [-0.3, -0.25) is 4.79 Å². The van der Waals surface area contributed by atoms with Crippen molar-refractivity contribution in [2.45, 2.75) is 18.2 Å². The Morgan fingerprint density at radius 1 is 1.11 bits per heavy atom. The van der Waals surface area contributed by atoms with Crippen molar-refractivity contribution >= 4 is 28.4 Å². The van der Waals surface area contributed by atoms with Crippen LogP contribution in [0.1, 0.15) is 18.5 Å². The maximum absolute atomic E-state index is 12.3. The highest BCUT2D eigenvalue weighted by molar-refractivity contribution is 7.99. The van der Waals surface area contributed by atoms with E-state index < -0.39 is 0 Å². The fraction of sp³-hybridized carbons (Fsp3) is 0.150. The largest absolute Gasteiger partial charge is 0.459 e. The third-order valence-electron chi connectivity index (χ3n) is 4.13. The molecule has 0 spiro atoms. The average Bonchev–Trinajstić information content (AvgIpc) is 3.37. The fourth-order valence-electron chi connectivity index (χ4n) is 2.88. The molecule has 0 fully saturated rings. The minimum atomic E-state index is -0.106. The molecule has 0 saturated heterocycles. The Hall–Kier alpha value is -3.06. The highest BCUT2D eigenvalue weighted by atomic mass is 32.2. The Kier molecular flexibility index (Phi) is 4.93. The van der Waals surface area contributed by atoms with Gasteiger partial charge >= 0.3 is 0 Å². The molecule has 0 aliphatic rings. The zero-order valence-electron chi connectivity index (χ0n) is 14.6. The zero-order valence-corrected chi connectivity index (χ0v) is 15.4. The van der Waals surface area contributed by atoms with Gasteiger partial charge in [0.1, 0.15) is 0 Å². The molecule has 2 aromatic carbocycles. The third-order valence-corrected chi connectivity index (χ3v) is 4.95. The summed E-state index contributed by atoms with van der Waals surface area (Å²) in [4.78, 5) is 12.3. The summed E-state index contributed by atoms with van der Waals surface area (Å²) in [7, 11) is 0. The Morgan fingerprint density at radius 3 is 2.81 bits per heavy atom. The quantitative estimate of drug-likeness (QED) is 0.499. The molecule has 2 aromatic heterocycles. The summed E-state index contributed by atoms with van der Waals surface area (Å²) < 4.78 is 10.7. The monoisotopic (exact) mass is 379 g/mol. The molecule has 4 rings (SSSR count). The Balaban J connectivity index is 1.38. The van der Waals surface area contributed by atoms with Crippen LogP contribution in [0.15, 0.2) is 74.9 Å². The molecule has 2 heterocycles. The lowest BCUT2D eigenvalue weighted by Gasteiger charge is -2.16. The maximum Gasteiger partial charge on any atom is 0.284 e. The normalized spacial score (nSPS) is 12.2. The highest BCUT2D eigenvalue weighted by Crippen LogP contribution is 2.25. The van der Waals surface area contributed by atoms with E-state index in [9.17, 15) is 4.79 Å². The van der Waals surface area contributed by atoms with Crippen LogP contribution in [-0.4, -0.2) is 21.9 Å². The van der Waals surface area contributed by atoms with Crippen molar-refractivity contribution in [3.8, 4) is 11.7 Å². The van der Waals surface area contributed by atoms with Crippen LogP contribution in [0.25, 0.3) is 22.4 Å². The second-order valence-electron chi connectivity index (χ2n) is 6.00. The molecular weight excluding hydrogens is 362 g/mol. The molecule has 1 amide bonds. The number of benzene rings is 2. The van der Waals surface area contributed by atoms with Crippen molar-refractivity contribution in [2.24, 2.45) is 0 Å². The van der Waals surface area contributed by atoms with Crippen molar-refractivity contribution in [3.63, 3.8) is 0 Å². The molecule has 0 aliphatic carbocycles. The van der Waals surface area contributed by atoms with Gasteiger partial charge in [-0.1, -0.05) is 54.2 Å². The number of rotatable bonds is 6. The first-order chi connectivity index (χ1) is 13.2. The molecule has 7 heteroatoms. The lowest BCUT2D eigenvalue weighted by Crippen LogP contribution is -2.28. The first-order valence-corrected chi connectivity index (χ1v) is 9.46. The number of aromatic nitrogens is 2. The smallest absolute Gasteiger partial charge is 0.284 e. The number of furan rings is 1. The average molecular weight is 379 g/mol. The van der Waals surface area contributed by atoms with E-state index >= 15 is 0 Å². The zero-order chi connectivity index (χ0) is 18.6. The van der Waals surface area contributed by atoms with E-state index in [1.54, 1.807) is 12.1 Å². The van der Waals surface area contributed by atoms with Crippen molar-refractivity contribution in [2.75, 3.05) is 5.75 Å². The number of fused-ring (bicyclic) bond motifs is 1. The third kappa shape index (κ3) is 3.88. The summed E-state index contributed by atoms with van der Waals surface area (Å²) in [5, 5.41) is 13.5. The molecule has 0 unspecified atom stereocenters. The van der Waals surface area contributed by atoms with Gasteiger partial charge in [-0.05, 0) is 35.4 Å². The van der Waals surface area contributed by atoms with E-state index in [1.165, 1.54) is 18.0 Å². The highest BCUT2D eigenvalue weighted by Gasteiger charge is 2.15. The number of hydrogen-bond acceptors (Lipinski definition) is 6. The second kappa shape index (κ2) is 7.67. The van der Waals surface area contributed by atoms with Crippen molar-refractivity contribution in [1.29, 1.82) is 0 Å². The summed E-state index contributed by atoms with van der Waals surface area (Å²) in [5.41, 5.74) is 1.09. The van der Waals surface area contributed by atoms with Crippen LogP contribution in [0.2, 0.25) is 0 Å². The molecule has 0 bridgehead atoms. The molecular formula is C20H17N3O3S. The lowest BCUT2D eigenvalue weighted by molar-refractivity contribution is -0.119. The van der Waals surface area contributed by atoms with Crippen LogP contribution in [0.5, 0.6) is 0 Å². The number of carbonyl (C=O) groups is 1. The number of hydrogen-bond donors (Lipinski definition) is 1. The van der Waals surface area contributed by atoms with Gasteiger partial charge in [-0.25, -0.2) is 0 Å².